The first-order valence-corrected chi connectivity index (χ1v) is 12.8. The number of hydrogen-bond donors (Lipinski definition) is 1. The standard InChI is InChI=1S/C27H32ClN3O4/c28-19-25(32)29-15-3-4-18-35-23-10-7-21(8-11-23)27(34)30-16-13-22(14-17-30)31-24-6-2-1-5-20(24)9-12-26(31)33/h1-2,5-8,10-11,22H,3-4,9,12-19H2,(H,29,32). The first kappa shape index (κ1) is 25.0. The van der Waals surface area contributed by atoms with E-state index >= 15 is 0 Å². The highest BCUT2D eigenvalue weighted by atomic mass is 35.5. The van der Waals surface area contributed by atoms with Crippen molar-refractivity contribution < 1.29 is 19.1 Å². The lowest BCUT2D eigenvalue weighted by Gasteiger charge is -2.41. The first-order valence-electron chi connectivity index (χ1n) is 12.3. The molecule has 2 aromatic carbocycles. The molecule has 2 aliphatic rings. The molecule has 1 N–H and O–H groups in total. The number of anilines is 1. The Bertz CT molecular complexity index is 1030. The molecule has 2 heterocycles. The lowest BCUT2D eigenvalue weighted by Crippen LogP contribution is -2.50. The average molecular weight is 498 g/mol. The lowest BCUT2D eigenvalue weighted by molar-refractivity contribution is -0.120. The van der Waals surface area contributed by atoms with Crippen LogP contribution in [0.1, 0.15) is 48.0 Å². The summed E-state index contributed by atoms with van der Waals surface area (Å²) < 4.78 is 5.74. The molecule has 3 amide bonds. The molecule has 2 aromatic rings. The molecule has 4 rings (SSSR count). The largest absolute Gasteiger partial charge is 0.494 e. The highest BCUT2D eigenvalue weighted by molar-refractivity contribution is 6.27. The van der Waals surface area contributed by atoms with E-state index in [1.54, 1.807) is 12.1 Å². The predicted molar refractivity (Wildman–Crippen MR) is 136 cm³/mol. The minimum atomic E-state index is -0.164. The van der Waals surface area contributed by atoms with Gasteiger partial charge in [-0.3, -0.25) is 14.4 Å². The summed E-state index contributed by atoms with van der Waals surface area (Å²) in [6.07, 6.45) is 4.52. The third-order valence-electron chi connectivity index (χ3n) is 6.63. The summed E-state index contributed by atoms with van der Waals surface area (Å²) in [7, 11) is 0. The van der Waals surface area contributed by atoms with Crippen LogP contribution in [-0.4, -0.2) is 60.8 Å². The quantitative estimate of drug-likeness (QED) is 0.422. The predicted octanol–water partition coefficient (Wildman–Crippen LogP) is 3.78. The number of nitrogens with zero attached hydrogens (tertiary/aromatic N) is 2. The van der Waals surface area contributed by atoms with E-state index < -0.39 is 0 Å². The zero-order valence-electron chi connectivity index (χ0n) is 19.9. The summed E-state index contributed by atoms with van der Waals surface area (Å²) in [6, 6.07) is 15.5. The highest BCUT2D eigenvalue weighted by Gasteiger charge is 2.33. The molecule has 2 aliphatic heterocycles. The fourth-order valence-corrected chi connectivity index (χ4v) is 4.84. The van der Waals surface area contributed by atoms with Gasteiger partial charge in [0.2, 0.25) is 11.8 Å². The molecule has 1 fully saturated rings. The molecule has 0 aromatic heterocycles. The number of para-hydroxylation sites is 1. The summed E-state index contributed by atoms with van der Waals surface area (Å²) in [5, 5.41) is 2.72. The van der Waals surface area contributed by atoms with Crippen molar-refractivity contribution in [2.75, 3.05) is 37.0 Å². The number of alkyl halides is 1. The zero-order chi connectivity index (χ0) is 24.6. The summed E-state index contributed by atoms with van der Waals surface area (Å²) in [6.45, 7) is 2.38. The maximum atomic E-state index is 13.0. The van der Waals surface area contributed by atoms with Gasteiger partial charge >= 0.3 is 0 Å². The average Bonchev–Trinajstić information content (AvgIpc) is 2.90. The van der Waals surface area contributed by atoms with Crippen LogP contribution in [0.3, 0.4) is 0 Å². The van der Waals surface area contributed by atoms with Gasteiger partial charge in [-0.25, -0.2) is 0 Å². The number of halogens is 1. The van der Waals surface area contributed by atoms with E-state index in [9.17, 15) is 14.4 Å². The van der Waals surface area contributed by atoms with Gasteiger partial charge in [0, 0.05) is 43.3 Å². The number of carbonyl (C=O) groups excluding carboxylic acids is 3. The van der Waals surface area contributed by atoms with Crippen LogP contribution in [0.2, 0.25) is 0 Å². The van der Waals surface area contributed by atoms with E-state index in [4.69, 9.17) is 16.3 Å². The molecule has 1 saturated heterocycles. The molecular formula is C27H32ClN3O4. The van der Waals surface area contributed by atoms with Gasteiger partial charge in [0.15, 0.2) is 0 Å². The van der Waals surface area contributed by atoms with Crippen molar-refractivity contribution in [1.29, 1.82) is 0 Å². The summed E-state index contributed by atoms with van der Waals surface area (Å²) in [5.74, 6) is 0.723. The lowest BCUT2D eigenvalue weighted by atomic mass is 9.95. The van der Waals surface area contributed by atoms with Gasteiger partial charge < -0.3 is 19.9 Å². The Morgan fingerprint density at radius 3 is 2.49 bits per heavy atom. The number of amides is 3. The summed E-state index contributed by atoms with van der Waals surface area (Å²) in [5.41, 5.74) is 2.90. The van der Waals surface area contributed by atoms with Gasteiger partial charge in [0.05, 0.1) is 6.61 Å². The van der Waals surface area contributed by atoms with Crippen molar-refractivity contribution >= 4 is 35.0 Å². The number of ether oxygens (including phenoxy) is 1. The second-order valence-electron chi connectivity index (χ2n) is 8.98. The second kappa shape index (κ2) is 12.1. The minimum Gasteiger partial charge on any atom is -0.494 e. The molecule has 35 heavy (non-hydrogen) atoms. The monoisotopic (exact) mass is 497 g/mol. The SMILES string of the molecule is O=C(CCl)NCCCCOc1ccc(C(=O)N2CCC(N3C(=O)CCc4ccccc43)CC2)cc1. The number of rotatable bonds is 9. The van der Waals surface area contributed by atoms with Gasteiger partial charge in [-0.2, -0.15) is 0 Å². The van der Waals surface area contributed by atoms with Gasteiger partial charge in [0.1, 0.15) is 11.6 Å². The van der Waals surface area contributed by atoms with Crippen LogP contribution in [0.5, 0.6) is 5.75 Å². The number of fused-ring (bicyclic) bond motifs is 1. The van der Waals surface area contributed by atoms with Gasteiger partial charge in [-0.05, 0) is 68.0 Å². The Morgan fingerprint density at radius 2 is 1.74 bits per heavy atom. The van der Waals surface area contributed by atoms with Crippen LogP contribution < -0.4 is 15.0 Å². The zero-order valence-corrected chi connectivity index (χ0v) is 20.6. The molecule has 0 saturated carbocycles. The van der Waals surface area contributed by atoms with E-state index in [0.717, 1.165) is 37.8 Å². The Labute approximate surface area is 211 Å². The molecule has 8 heteroatoms. The molecular weight excluding hydrogens is 466 g/mol. The van der Waals surface area contributed by atoms with Gasteiger partial charge in [-0.1, -0.05) is 18.2 Å². The highest BCUT2D eigenvalue weighted by Crippen LogP contribution is 2.32. The van der Waals surface area contributed by atoms with E-state index in [0.29, 0.717) is 44.0 Å². The minimum absolute atomic E-state index is 0.00963. The fraction of sp³-hybridized carbons (Fsp3) is 0.444. The van der Waals surface area contributed by atoms with E-state index in [2.05, 4.69) is 11.4 Å². The Hall–Kier alpha value is -3.06. The molecule has 0 atom stereocenters. The normalized spacial score (nSPS) is 16.1. The van der Waals surface area contributed by atoms with E-state index in [-0.39, 0.29) is 29.6 Å². The van der Waals surface area contributed by atoms with Crippen molar-refractivity contribution in [3.63, 3.8) is 0 Å². The van der Waals surface area contributed by atoms with Crippen LogP contribution in [0, 0.1) is 0 Å². The number of aryl methyl sites for hydroxylation is 1. The van der Waals surface area contributed by atoms with Crippen molar-refractivity contribution in [3.05, 3.63) is 59.7 Å². The first-order chi connectivity index (χ1) is 17.1. The van der Waals surface area contributed by atoms with Crippen molar-refractivity contribution in [2.24, 2.45) is 0 Å². The number of hydrogen-bond acceptors (Lipinski definition) is 4. The molecule has 0 aliphatic carbocycles. The molecule has 186 valence electrons. The number of benzene rings is 2. The fourth-order valence-electron chi connectivity index (χ4n) is 4.75. The van der Waals surface area contributed by atoms with E-state index in [1.165, 1.54) is 5.56 Å². The van der Waals surface area contributed by atoms with Crippen molar-refractivity contribution in [1.82, 2.24) is 10.2 Å². The topological polar surface area (TPSA) is 79.0 Å². The third kappa shape index (κ3) is 6.34. The van der Waals surface area contributed by atoms with E-state index in [1.807, 2.05) is 40.1 Å². The van der Waals surface area contributed by atoms with Gasteiger partial charge in [-0.15, -0.1) is 11.6 Å². The summed E-state index contributed by atoms with van der Waals surface area (Å²) >= 11 is 5.44. The third-order valence-corrected chi connectivity index (χ3v) is 6.87. The molecule has 0 bridgehead atoms. The number of likely N-dealkylation sites (tertiary alicyclic amines) is 1. The van der Waals surface area contributed by atoms with Crippen molar-refractivity contribution in [3.8, 4) is 5.75 Å². The molecule has 0 spiro atoms. The Kier molecular flexibility index (Phi) is 8.64. The Balaban J connectivity index is 1.24. The maximum Gasteiger partial charge on any atom is 0.253 e. The number of piperidine rings is 1. The number of carbonyl (C=O) groups is 3. The molecule has 7 nitrogen and oxygen atoms in total. The maximum absolute atomic E-state index is 13.0. The van der Waals surface area contributed by atoms with Crippen molar-refractivity contribution in [2.45, 2.75) is 44.6 Å². The summed E-state index contributed by atoms with van der Waals surface area (Å²) in [4.78, 5) is 40.7. The number of unbranched alkanes of at least 4 members (excludes halogenated alkanes) is 1. The molecule has 0 unspecified atom stereocenters. The van der Waals surface area contributed by atoms with Gasteiger partial charge in [0.25, 0.3) is 5.91 Å². The van der Waals surface area contributed by atoms with Crippen LogP contribution in [0.25, 0.3) is 0 Å². The van der Waals surface area contributed by atoms with Crippen LogP contribution in [0.15, 0.2) is 48.5 Å². The van der Waals surface area contributed by atoms with Crippen LogP contribution in [0.4, 0.5) is 5.69 Å². The van der Waals surface area contributed by atoms with Crippen LogP contribution >= 0.6 is 11.6 Å². The second-order valence-corrected chi connectivity index (χ2v) is 9.25. The smallest absolute Gasteiger partial charge is 0.253 e. The Morgan fingerprint density at radius 1 is 1.00 bits per heavy atom. The number of nitrogens with one attached hydrogen (secondary N) is 1. The van der Waals surface area contributed by atoms with Crippen LogP contribution in [-0.2, 0) is 16.0 Å². The molecule has 0 radical (unpaired) electrons.